The molecule has 0 fully saturated rings. The molecule has 0 aliphatic heterocycles. The highest BCUT2D eigenvalue weighted by Gasteiger charge is 2.30. The summed E-state index contributed by atoms with van der Waals surface area (Å²) in [6.45, 7) is 5.69. The summed E-state index contributed by atoms with van der Waals surface area (Å²) in [5, 5.41) is 2.81. The Kier molecular flexibility index (Phi) is 9.94. The fourth-order valence-corrected chi connectivity index (χ4v) is 4.30. The number of hydrogen-bond donors (Lipinski definition) is 1. The molecule has 0 aliphatic carbocycles. The standard InChI is InChI=1S/C25H35N3O6S/c1-7-14-26-25(30)19(3)27(16-20-10-8-18(2)9-11-20)24(29)17-28(35(6,31)32)21-12-13-22(33-4)23(15-21)34-5/h8-13,15,19H,7,14,16-17H2,1-6H3,(H,26,30)/t19-/m1/s1. The van der Waals surface area contributed by atoms with Crippen molar-refractivity contribution in [1.29, 1.82) is 0 Å². The van der Waals surface area contributed by atoms with E-state index in [4.69, 9.17) is 9.47 Å². The lowest BCUT2D eigenvalue weighted by Crippen LogP contribution is -2.51. The van der Waals surface area contributed by atoms with Gasteiger partial charge in [0.05, 0.1) is 26.2 Å². The highest BCUT2D eigenvalue weighted by atomic mass is 32.2. The second-order valence-electron chi connectivity index (χ2n) is 8.28. The number of nitrogens with one attached hydrogen (secondary N) is 1. The van der Waals surface area contributed by atoms with Gasteiger partial charge in [-0.05, 0) is 38.0 Å². The number of rotatable bonds is 12. The van der Waals surface area contributed by atoms with Crippen molar-refractivity contribution in [1.82, 2.24) is 10.2 Å². The van der Waals surface area contributed by atoms with Crippen LogP contribution in [0.15, 0.2) is 42.5 Å². The SMILES string of the molecule is CCCNC(=O)[C@@H](C)N(Cc1ccc(C)cc1)C(=O)CN(c1ccc(OC)c(OC)c1)S(C)(=O)=O. The highest BCUT2D eigenvalue weighted by molar-refractivity contribution is 7.92. The molecule has 0 bridgehead atoms. The largest absolute Gasteiger partial charge is 0.493 e. The molecular formula is C25H35N3O6S. The Bertz CT molecular complexity index is 1120. The summed E-state index contributed by atoms with van der Waals surface area (Å²) < 4.78 is 36.9. The van der Waals surface area contributed by atoms with E-state index in [1.165, 1.54) is 31.3 Å². The number of nitrogens with zero attached hydrogens (tertiary/aromatic N) is 2. The van der Waals surface area contributed by atoms with Crippen LogP contribution >= 0.6 is 0 Å². The molecule has 9 nitrogen and oxygen atoms in total. The van der Waals surface area contributed by atoms with E-state index in [1.54, 1.807) is 13.0 Å². The summed E-state index contributed by atoms with van der Waals surface area (Å²) >= 11 is 0. The summed E-state index contributed by atoms with van der Waals surface area (Å²) in [4.78, 5) is 27.7. The van der Waals surface area contributed by atoms with Crippen molar-refractivity contribution in [2.45, 2.75) is 39.8 Å². The molecule has 0 spiro atoms. The van der Waals surface area contributed by atoms with Gasteiger partial charge < -0.3 is 19.7 Å². The number of ether oxygens (including phenoxy) is 2. The third-order valence-corrected chi connectivity index (χ3v) is 6.66. The summed E-state index contributed by atoms with van der Waals surface area (Å²) in [7, 11) is -0.923. The lowest BCUT2D eigenvalue weighted by molar-refractivity contribution is -0.139. The van der Waals surface area contributed by atoms with Crippen LogP contribution in [0.2, 0.25) is 0 Å². The maximum Gasteiger partial charge on any atom is 0.244 e. The van der Waals surface area contributed by atoms with Gasteiger partial charge in [0.2, 0.25) is 21.8 Å². The summed E-state index contributed by atoms with van der Waals surface area (Å²) in [5.41, 5.74) is 2.14. The van der Waals surface area contributed by atoms with E-state index < -0.39 is 28.5 Å². The molecular weight excluding hydrogens is 470 g/mol. The minimum Gasteiger partial charge on any atom is -0.493 e. The van der Waals surface area contributed by atoms with Crippen LogP contribution in [0.4, 0.5) is 5.69 Å². The number of sulfonamides is 1. The molecule has 1 N–H and O–H groups in total. The van der Waals surface area contributed by atoms with E-state index in [0.717, 1.165) is 28.1 Å². The van der Waals surface area contributed by atoms with Crippen LogP contribution in [0.3, 0.4) is 0 Å². The van der Waals surface area contributed by atoms with Gasteiger partial charge in [-0.1, -0.05) is 36.8 Å². The normalized spacial score (nSPS) is 11.9. The summed E-state index contributed by atoms with van der Waals surface area (Å²) in [5.74, 6) is -0.0533. The number of aryl methyl sites for hydroxylation is 1. The predicted octanol–water partition coefficient (Wildman–Crippen LogP) is 2.72. The van der Waals surface area contributed by atoms with E-state index >= 15 is 0 Å². The molecule has 10 heteroatoms. The zero-order chi connectivity index (χ0) is 26.2. The zero-order valence-corrected chi connectivity index (χ0v) is 22.0. The molecule has 0 aromatic heterocycles. The first-order chi connectivity index (χ1) is 16.5. The van der Waals surface area contributed by atoms with Crippen molar-refractivity contribution >= 4 is 27.5 Å². The molecule has 0 saturated carbocycles. The molecule has 0 heterocycles. The molecule has 1 atom stereocenters. The molecule has 0 aliphatic rings. The van der Waals surface area contributed by atoms with Crippen LogP contribution in [0.1, 0.15) is 31.4 Å². The fourth-order valence-electron chi connectivity index (χ4n) is 3.46. The van der Waals surface area contributed by atoms with Crippen LogP contribution in [0.25, 0.3) is 0 Å². The van der Waals surface area contributed by atoms with Gasteiger partial charge in [0.1, 0.15) is 12.6 Å². The maximum atomic E-state index is 13.5. The minimum absolute atomic E-state index is 0.156. The van der Waals surface area contributed by atoms with E-state index in [0.29, 0.717) is 18.0 Å². The second-order valence-corrected chi connectivity index (χ2v) is 10.2. The monoisotopic (exact) mass is 505 g/mol. The molecule has 2 aromatic carbocycles. The van der Waals surface area contributed by atoms with Gasteiger partial charge in [-0.2, -0.15) is 0 Å². The topological polar surface area (TPSA) is 105 Å². The molecule has 192 valence electrons. The third-order valence-electron chi connectivity index (χ3n) is 5.52. The quantitative estimate of drug-likeness (QED) is 0.476. The van der Waals surface area contributed by atoms with Gasteiger partial charge in [0.25, 0.3) is 0 Å². The number of benzene rings is 2. The Morgan fingerprint density at radius 3 is 2.20 bits per heavy atom. The third kappa shape index (κ3) is 7.61. The number of carbonyl (C=O) groups excluding carboxylic acids is 2. The van der Waals surface area contributed by atoms with Crippen molar-refractivity contribution in [3.63, 3.8) is 0 Å². The van der Waals surface area contributed by atoms with Crippen molar-refractivity contribution in [3.8, 4) is 11.5 Å². The van der Waals surface area contributed by atoms with Gasteiger partial charge in [-0.15, -0.1) is 0 Å². The first-order valence-corrected chi connectivity index (χ1v) is 13.2. The number of anilines is 1. The maximum absolute atomic E-state index is 13.5. The molecule has 2 rings (SSSR count). The molecule has 2 amide bonds. The Balaban J connectivity index is 2.41. The highest BCUT2D eigenvalue weighted by Crippen LogP contribution is 2.32. The molecule has 2 aromatic rings. The predicted molar refractivity (Wildman–Crippen MR) is 136 cm³/mol. The van der Waals surface area contributed by atoms with Crippen LogP contribution in [0.5, 0.6) is 11.5 Å². The summed E-state index contributed by atoms with van der Waals surface area (Å²) in [6.07, 6.45) is 1.78. The van der Waals surface area contributed by atoms with E-state index in [-0.39, 0.29) is 18.1 Å². The first-order valence-electron chi connectivity index (χ1n) is 11.3. The average Bonchev–Trinajstić information content (AvgIpc) is 2.83. The van der Waals surface area contributed by atoms with Crippen molar-refractivity contribution in [2.75, 3.05) is 37.9 Å². The lowest BCUT2D eigenvalue weighted by atomic mass is 10.1. The number of methoxy groups -OCH3 is 2. The first kappa shape index (κ1) is 28.0. The Hall–Kier alpha value is -3.27. The smallest absolute Gasteiger partial charge is 0.244 e. The Labute approximate surface area is 208 Å². The second kappa shape index (κ2) is 12.4. The molecule has 0 radical (unpaired) electrons. The van der Waals surface area contributed by atoms with Crippen molar-refractivity contribution in [3.05, 3.63) is 53.6 Å². The van der Waals surface area contributed by atoms with Gasteiger partial charge in [-0.3, -0.25) is 13.9 Å². The van der Waals surface area contributed by atoms with Crippen molar-refractivity contribution < 1.29 is 27.5 Å². The Morgan fingerprint density at radius 2 is 1.66 bits per heavy atom. The molecule has 35 heavy (non-hydrogen) atoms. The lowest BCUT2D eigenvalue weighted by Gasteiger charge is -2.31. The van der Waals surface area contributed by atoms with E-state index in [2.05, 4.69) is 5.32 Å². The molecule has 0 unspecified atom stereocenters. The number of carbonyl (C=O) groups is 2. The zero-order valence-electron chi connectivity index (χ0n) is 21.2. The van der Waals surface area contributed by atoms with Crippen LogP contribution in [-0.4, -0.2) is 64.7 Å². The number of hydrogen-bond acceptors (Lipinski definition) is 6. The van der Waals surface area contributed by atoms with Crippen molar-refractivity contribution in [2.24, 2.45) is 0 Å². The fraction of sp³-hybridized carbons (Fsp3) is 0.440. The van der Waals surface area contributed by atoms with Gasteiger partial charge >= 0.3 is 0 Å². The Morgan fingerprint density at radius 1 is 1.03 bits per heavy atom. The number of amides is 2. The van der Waals surface area contributed by atoms with Crippen LogP contribution in [-0.2, 0) is 26.2 Å². The average molecular weight is 506 g/mol. The summed E-state index contributed by atoms with van der Waals surface area (Å²) in [6, 6.07) is 11.4. The van der Waals surface area contributed by atoms with Gasteiger partial charge in [0, 0.05) is 19.2 Å². The van der Waals surface area contributed by atoms with E-state index in [9.17, 15) is 18.0 Å². The minimum atomic E-state index is -3.84. The van der Waals surface area contributed by atoms with Gasteiger partial charge in [-0.25, -0.2) is 8.42 Å². The van der Waals surface area contributed by atoms with Crippen LogP contribution in [0, 0.1) is 6.92 Å². The van der Waals surface area contributed by atoms with Crippen LogP contribution < -0.4 is 19.1 Å². The van der Waals surface area contributed by atoms with Gasteiger partial charge in [0.15, 0.2) is 11.5 Å². The molecule has 0 saturated heterocycles. The van der Waals surface area contributed by atoms with E-state index in [1.807, 2.05) is 38.1 Å².